The molecule has 3 rings (SSSR count). The highest BCUT2D eigenvalue weighted by Gasteiger charge is 2.50. The second-order valence-electron chi connectivity index (χ2n) is 3.86. The first-order valence-electron chi connectivity index (χ1n) is 4.67. The molecule has 1 saturated carbocycles. The third-order valence-corrected chi connectivity index (χ3v) is 3.18. The highest BCUT2D eigenvalue weighted by molar-refractivity contribution is 5.57. The van der Waals surface area contributed by atoms with Gasteiger partial charge in [0, 0.05) is 5.41 Å². The molecule has 0 bridgehead atoms. The van der Waals surface area contributed by atoms with Crippen LogP contribution in [0.25, 0.3) is 0 Å². The molecule has 60 valence electrons. The molecule has 1 unspecified atom stereocenters. The molecule has 0 aromatic heterocycles. The van der Waals surface area contributed by atoms with Gasteiger partial charge in [0.25, 0.3) is 0 Å². The second-order valence-corrected chi connectivity index (χ2v) is 3.86. The molecule has 0 amide bonds. The summed E-state index contributed by atoms with van der Waals surface area (Å²) in [4.78, 5) is 0. The van der Waals surface area contributed by atoms with Crippen LogP contribution in [0.15, 0.2) is 47.6 Å². The summed E-state index contributed by atoms with van der Waals surface area (Å²) in [7, 11) is 0. The summed E-state index contributed by atoms with van der Waals surface area (Å²) in [6.45, 7) is 0. The van der Waals surface area contributed by atoms with Gasteiger partial charge in [-0.25, -0.2) is 0 Å². The lowest BCUT2D eigenvalue weighted by atomic mass is 9.89. The van der Waals surface area contributed by atoms with E-state index in [2.05, 4.69) is 36.5 Å². The summed E-state index contributed by atoms with van der Waals surface area (Å²) in [5.74, 6) is 0. The Morgan fingerprint density at radius 1 is 1.08 bits per heavy atom. The van der Waals surface area contributed by atoms with E-state index < -0.39 is 0 Å². The average Bonchev–Trinajstić information content (AvgIpc) is 2.72. The fourth-order valence-corrected chi connectivity index (χ4v) is 2.36. The normalized spacial score (nSPS) is 36.0. The molecule has 0 nitrogen and oxygen atoms in total. The largest absolute Gasteiger partial charge is 0.0842 e. The Bertz CT molecular complexity index is 339. The van der Waals surface area contributed by atoms with Gasteiger partial charge in [-0.15, -0.1) is 0 Å². The van der Waals surface area contributed by atoms with Gasteiger partial charge in [-0.1, -0.05) is 47.6 Å². The lowest BCUT2D eigenvalue weighted by Gasteiger charge is -2.15. The van der Waals surface area contributed by atoms with Crippen molar-refractivity contribution in [1.29, 1.82) is 0 Å². The van der Waals surface area contributed by atoms with E-state index in [1.54, 1.807) is 11.1 Å². The van der Waals surface area contributed by atoms with Crippen molar-refractivity contribution in [2.45, 2.75) is 19.3 Å². The molecule has 12 heavy (non-hydrogen) atoms. The van der Waals surface area contributed by atoms with E-state index in [0.717, 1.165) is 0 Å². The fourth-order valence-electron chi connectivity index (χ4n) is 2.36. The first-order chi connectivity index (χ1) is 5.92. The highest BCUT2D eigenvalue weighted by atomic mass is 14.5. The van der Waals surface area contributed by atoms with Crippen molar-refractivity contribution < 1.29 is 0 Å². The van der Waals surface area contributed by atoms with Crippen molar-refractivity contribution >= 4 is 0 Å². The summed E-state index contributed by atoms with van der Waals surface area (Å²) in [5, 5.41) is 0. The van der Waals surface area contributed by atoms with Crippen LogP contribution in [0.4, 0.5) is 0 Å². The third kappa shape index (κ3) is 0.677. The molecule has 3 aliphatic carbocycles. The van der Waals surface area contributed by atoms with E-state index in [0.29, 0.717) is 5.41 Å². The van der Waals surface area contributed by atoms with Crippen molar-refractivity contribution in [3.63, 3.8) is 0 Å². The van der Waals surface area contributed by atoms with Crippen molar-refractivity contribution in [2.75, 3.05) is 0 Å². The second kappa shape index (κ2) is 2.01. The van der Waals surface area contributed by atoms with Crippen LogP contribution in [0.5, 0.6) is 0 Å². The summed E-state index contributed by atoms with van der Waals surface area (Å²) in [6, 6.07) is 0. The molecule has 0 aliphatic heterocycles. The first kappa shape index (κ1) is 6.47. The Labute approximate surface area is 73.0 Å². The summed E-state index contributed by atoms with van der Waals surface area (Å²) in [6.07, 6.45) is 17.4. The van der Waals surface area contributed by atoms with Gasteiger partial charge in [0.05, 0.1) is 0 Å². The molecule has 1 atom stereocenters. The summed E-state index contributed by atoms with van der Waals surface area (Å²) in [5.41, 5.74) is 3.68. The van der Waals surface area contributed by atoms with E-state index >= 15 is 0 Å². The highest BCUT2D eigenvalue weighted by Crippen LogP contribution is 2.62. The quantitative estimate of drug-likeness (QED) is 0.547. The van der Waals surface area contributed by atoms with Crippen LogP contribution in [0.3, 0.4) is 0 Å². The number of hydrogen-bond acceptors (Lipinski definition) is 0. The van der Waals surface area contributed by atoms with Crippen LogP contribution in [0, 0.1) is 5.41 Å². The molecule has 0 spiro atoms. The fraction of sp³-hybridized carbons (Fsp3) is 0.333. The Balaban J connectivity index is 2.00. The zero-order chi connectivity index (χ0) is 8.02. The van der Waals surface area contributed by atoms with Gasteiger partial charge in [0.15, 0.2) is 0 Å². The van der Waals surface area contributed by atoms with Crippen molar-refractivity contribution in [1.82, 2.24) is 0 Å². The van der Waals surface area contributed by atoms with Crippen LogP contribution in [-0.2, 0) is 0 Å². The van der Waals surface area contributed by atoms with Gasteiger partial charge in [0.2, 0.25) is 0 Å². The maximum Gasteiger partial charge on any atom is 0.0348 e. The third-order valence-electron chi connectivity index (χ3n) is 3.18. The van der Waals surface area contributed by atoms with Crippen molar-refractivity contribution in [3.05, 3.63) is 47.6 Å². The minimum Gasteiger partial charge on any atom is -0.0842 e. The van der Waals surface area contributed by atoms with Gasteiger partial charge in [0.1, 0.15) is 0 Å². The topological polar surface area (TPSA) is 0 Å². The van der Waals surface area contributed by atoms with Gasteiger partial charge in [-0.05, 0) is 19.3 Å². The van der Waals surface area contributed by atoms with Crippen LogP contribution in [0.1, 0.15) is 19.3 Å². The van der Waals surface area contributed by atoms with Gasteiger partial charge in [-0.2, -0.15) is 0 Å². The SMILES string of the molecule is C1=CCCC(C23C=CC=C2C3)=C1. The molecule has 3 aliphatic rings. The lowest BCUT2D eigenvalue weighted by Crippen LogP contribution is -2.01. The molecule has 0 heterocycles. The van der Waals surface area contributed by atoms with Gasteiger partial charge >= 0.3 is 0 Å². The standard InChI is InChI=1S/C12H12/c1-2-5-10(6-3-1)12-8-4-7-11(12)9-12/h1-2,4-5,7-8H,3,6,9H2. The molecule has 0 N–H and O–H groups in total. The maximum absolute atomic E-state index is 2.37. The van der Waals surface area contributed by atoms with E-state index in [4.69, 9.17) is 0 Å². The zero-order valence-corrected chi connectivity index (χ0v) is 7.09. The average molecular weight is 156 g/mol. The molecule has 0 heteroatoms. The molecule has 1 fully saturated rings. The lowest BCUT2D eigenvalue weighted by molar-refractivity contribution is 0.746. The minimum absolute atomic E-state index is 0.421. The molecule has 0 radical (unpaired) electrons. The Kier molecular flexibility index (Phi) is 1.08. The molecule has 0 aromatic carbocycles. The molecule has 0 aromatic rings. The Morgan fingerprint density at radius 2 is 2.00 bits per heavy atom. The number of rotatable bonds is 1. The predicted octanol–water partition coefficient (Wildman–Crippen LogP) is 3.15. The molecular formula is C12H12. The Hall–Kier alpha value is -1.04. The van der Waals surface area contributed by atoms with E-state index in [9.17, 15) is 0 Å². The van der Waals surface area contributed by atoms with E-state index in [-0.39, 0.29) is 0 Å². The van der Waals surface area contributed by atoms with E-state index in [1.807, 2.05) is 0 Å². The van der Waals surface area contributed by atoms with Gasteiger partial charge in [-0.3, -0.25) is 0 Å². The van der Waals surface area contributed by atoms with Crippen molar-refractivity contribution in [3.8, 4) is 0 Å². The number of hydrogen-bond donors (Lipinski definition) is 0. The van der Waals surface area contributed by atoms with E-state index in [1.165, 1.54) is 19.3 Å². The molecule has 0 saturated heterocycles. The van der Waals surface area contributed by atoms with Crippen molar-refractivity contribution in [2.24, 2.45) is 5.41 Å². The minimum atomic E-state index is 0.421. The predicted molar refractivity (Wildman–Crippen MR) is 50.7 cm³/mol. The Morgan fingerprint density at radius 3 is 2.58 bits per heavy atom. The van der Waals surface area contributed by atoms with Crippen LogP contribution in [-0.4, -0.2) is 0 Å². The van der Waals surface area contributed by atoms with Crippen LogP contribution < -0.4 is 0 Å². The number of fused-ring (bicyclic) bond motifs is 1. The van der Waals surface area contributed by atoms with Crippen LogP contribution >= 0.6 is 0 Å². The smallest absolute Gasteiger partial charge is 0.0348 e. The van der Waals surface area contributed by atoms with Gasteiger partial charge < -0.3 is 0 Å². The van der Waals surface area contributed by atoms with Crippen LogP contribution in [0.2, 0.25) is 0 Å². The summed E-state index contributed by atoms with van der Waals surface area (Å²) >= 11 is 0. The summed E-state index contributed by atoms with van der Waals surface area (Å²) < 4.78 is 0. The molecular weight excluding hydrogens is 144 g/mol. The first-order valence-corrected chi connectivity index (χ1v) is 4.67. The monoisotopic (exact) mass is 156 g/mol. The number of allylic oxidation sites excluding steroid dienone is 8. The zero-order valence-electron chi connectivity index (χ0n) is 7.09. The maximum atomic E-state index is 2.37.